The standard InChI is InChI=1S/C12H12F4N2S/c1-7-4-5-19-11(17-7)18-10-6-8(12(14,15)16)2-3-9(10)13/h2-3,6-7H,4-5H2,1H3,(H,17,18). The molecule has 2 rings (SSSR count). The van der Waals surface area contributed by atoms with Crippen molar-refractivity contribution in [2.24, 2.45) is 4.99 Å². The molecule has 0 radical (unpaired) electrons. The largest absolute Gasteiger partial charge is 0.416 e. The van der Waals surface area contributed by atoms with Crippen LogP contribution in [0.3, 0.4) is 0 Å². The monoisotopic (exact) mass is 292 g/mol. The minimum absolute atomic E-state index is 0.0950. The molecule has 7 heteroatoms. The Labute approximate surface area is 112 Å². The topological polar surface area (TPSA) is 24.4 Å². The second kappa shape index (κ2) is 5.40. The van der Waals surface area contributed by atoms with Gasteiger partial charge in [0.25, 0.3) is 0 Å². The van der Waals surface area contributed by atoms with Crippen molar-refractivity contribution >= 4 is 22.6 Å². The summed E-state index contributed by atoms with van der Waals surface area (Å²) in [5, 5.41) is 3.09. The molecular formula is C12H12F4N2S. The summed E-state index contributed by atoms with van der Waals surface area (Å²) in [4.78, 5) is 4.23. The number of halogens is 4. The third-order valence-corrected chi connectivity index (χ3v) is 3.57. The first-order valence-corrected chi connectivity index (χ1v) is 6.69. The van der Waals surface area contributed by atoms with Gasteiger partial charge in [0.15, 0.2) is 5.17 Å². The quantitative estimate of drug-likeness (QED) is 0.787. The molecule has 1 aliphatic heterocycles. The van der Waals surface area contributed by atoms with Gasteiger partial charge in [0, 0.05) is 5.75 Å². The first-order chi connectivity index (χ1) is 8.86. The third kappa shape index (κ3) is 3.62. The Balaban J connectivity index is 2.24. The first-order valence-electron chi connectivity index (χ1n) is 5.70. The molecule has 1 N–H and O–H groups in total. The van der Waals surface area contributed by atoms with Crippen LogP contribution in [0.5, 0.6) is 0 Å². The Hall–Kier alpha value is -1.24. The van der Waals surface area contributed by atoms with Crippen LogP contribution in [0, 0.1) is 5.82 Å². The van der Waals surface area contributed by atoms with Crippen molar-refractivity contribution < 1.29 is 17.6 Å². The third-order valence-electron chi connectivity index (χ3n) is 2.65. The van der Waals surface area contributed by atoms with Gasteiger partial charge in [0.1, 0.15) is 5.82 Å². The van der Waals surface area contributed by atoms with Gasteiger partial charge in [-0.25, -0.2) is 4.39 Å². The maximum Gasteiger partial charge on any atom is 0.416 e. The molecule has 0 spiro atoms. The highest BCUT2D eigenvalue weighted by molar-refractivity contribution is 8.14. The van der Waals surface area contributed by atoms with Crippen molar-refractivity contribution in [3.05, 3.63) is 29.6 Å². The molecule has 0 saturated carbocycles. The van der Waals surface area contributed by atoms with E-state index in [0.717, 1.165) is 30.4 Å². The molecule has 2 nitrogen and oxygen atoms in total. The number of hydrogen-bond acceptors (Lipinski definition) is 3. The van der Waals surface area contributed by atoms with E-state index >= 15 is 0 Å². The number of nitrogens with one attached hydrogen (secondary N) is 1. The molecule has 1 unspecified atom stereocenters. The number of amidine groups is 1. The molecule has 0 fully saturated rings. The van der Waals surface area contributed by atoms with Gasteiger partial charge in [-0.3, -0.25) is 4.99 Å². The Morgan fingerprint density at radius 1 is 1.37 bits per heavy atom. The van der Waals surface area contributed by atoms with Crippen LogP contribution in [-0.4, -0.2) is 17.0 Å². The zero-order valence-corrected chi connectivity index (χ0v) is 10.9. The molecule has 0 aromatic heterocycles. The van der Waals surface area contributed by atoms with Crippen molar-refractivity contribution in [1.82, 2.24) is 0 Å². The lowest BCUT2D eigenvalue weighted by molar-refractivity contribution is -0.137. The fourth-order valence-corrected chi connectivity index (χ4v) is 2.70. The summed E-state index contributed by atoms with van der Waals surface area (Å²) in [6.45, 7) is 1.91. The molecule has 0 aliphatic carbocycles. The summed E-state index contributed by atoms with van der Waals surface area (Å²) in [5.41, 5.74) is -1.08. The molecule has 104 valence electrons. The Morgan fingerprint density at radius 2 is 2.11 bits per heavy atom. The van der Waals surface area contributed by atoms with Crippen LogP contribution in [0.4, 0.5) is 23.2 Å². The van der Waals surface area contributed by atoms with E-state index in [4.69, 9.17) is 0 Å². The molecule has 1 atom stereocenters. The van der Waals surface area contributed by atoms with Gasteiger partial charge in [0.2, 0.25) is 0 Å². The fraction of sp³-hybridized carbons (Fsp3) is 0.417. The molecule has 0 bridgehead atoms. The molecule has 1 aromatic carbocycles. The van der Waals surface area contributed by atoms with E-state index < -0.39 is 17.6 Å². The number of anilines is 1. The number of alkyl halides is 3. The van der Waals surface area contributed by atoms with Crippen LogP contribution >= 0.6 is 11.8 Å². The van der Waals surface area contributed by atoms with Crippen LogP contribution in [0.1, 0.15) is 18.9 Å². The first kappa shape index (κ1) is 14.2. The minimum Gasteiger partial charge on any atom is -0.333 e. The predicted octanol–water partition coefficient (Wildman–Crippen LogP) is 4.14. The van der Waals surface area contributed by atoms with Gasteiger partial charge in [0.05, 0.1) is 17.3 Å². The second-order valence-corrected chi connectivity index (χ2v) is 5.32. The van der Waals surface area contributed by atoms with Crippen molar-refractivity contribution in [1.29, 1.82) is 0 Å². The van der Waals surface area contributed by atoms with E-state index in [2.05, 4.69) is 10.3 Å². The maximum atomic E-state index is 13.5. The van der Waals surface area contributed by atoms with Gasteiger partial charge in [-0.1, -0.05) is 11.8 Å². The highest BCUT2D eigenvalue weighted by atomic mass is 32.2. The SMILES string of the molecule is CC1CCSC(Nc2cc(C(F)(F)F)ccc2F)=N1. The van der Waals surface area contributed by atoms with E-state index in [-0.39, 0.29) is 11.7 Å². The van der Waals surface area contributed by atoms with E-state index in [0.29, 0.717) is 5.17 Å². The Morgan fingerprint density at radius 3 is 2.74 bits per heavy atom. The lowest BCUT2D eigenvalue weighted by Crippen LogP contribution is -2.19. The van der Waals surface area contributed by atoms with E-state index in [9.17, 15) is 17.6 Å². The fourth-order valence-electron chi connectivity index (χ4n) is 1.61. The van der Waals surface area contributed by atoms with Gasteiger partial charge >= 0.3 is 6.18 Å². The van der Waals surface area contributed by atoms with Crippen LogP contribution in [0.2, 0.25) is 0 Å². The van der Waals surface area contributed by atoms with Crippen LogP contribution < -0.4 is 5.32 Å². The molecule has 1 heterocycles. The highest BCUT2D eigenvalue weighted by Gasteiger charge is 2.31. The zero-order valence-electron chi connectivity index (χ0n) is 10.1. The van der Waals surface area contributed by atoms with Crippen molar-refractivity contribution in [3.63, 3.8) is 0 Å². The lowest BCUT2D eigenvalue weighted by atomic mass is 10.2. The molecule has 19 heavy (non-hydrogen) atoms. The van der Waals surface area contributed by atoms with Gasteiger partial charge in [-0.2, -0.15) is 13.2 Å². The lowest BCUT2D eigenvalue weighted by Gasteiger charge is -2.18. The van der Waals surface area contributed by atoms with Crippen molar-refractivity contribution in [2.45, 2.75) is 25.6 Å². The van der Waals surface area contributed by atoms with Crippen LogP contribution in [-0.2, 0) is 6.18 Å². The minimum atomic E-state index is -4.49. The molecule has 0 amide bonds. The molecule has 1 aromatic rings. The average Bonchev–Trinajstić information content (AvgIpc) is 2.30. The maximum absolute atomic E-state index is 13.5. The number of aliphatic imine (C=N–C) groups is 1. The number of hydrogen-bond donors (Lipinski definition) is 1. The summed E-state index contributed by atoms with van der Waals surface area (Å²) < 4.78 is 51.2. The number of rotatable bonds is 1. The van der Waals surface area contributed by atoms with E-state index in [1.807, 2.05) is 6.92 Å². The molecular weight excluding hydrogens is 280 g/mol. The summed E-state index contributed by atoms with van der Waals surface area (Å²) >= 11 is 1.37. The van der Waals surface area contributed by atoms with Gasteiger partial charge < -0.3 is 5.32 Å². The van der Waals surface area contributed by atoms with Crippen LogP contribution in [0.15, 0.2) is 23.2 Å². The van der Waals surface area contributed by atoms with E-state index in [1.165, 1.54) is 11.8 Å². The summed E-state index contributed by atoms with van der Waals surface area (Å²) in [6.07, 6.45) is -3.58. The van der Waals surface area contributed by atoms with E-state index in [1.54, 1.807) is 0 Å². The van der Waals surface area contributed by atoms with Crippen molar-refractivity contribution in [3.8, 4) is 0 Å². The number of benzene rings is 1. The zero-order chi connectivity index (χ0) is 14.0. The summed E-state index contributed by atoms with van der Waals surface area (Å²) in [5.74, 6) is 0.0858. The van der Waals surface area contributed by atoms with Crippen molar-refractivity contribution in [2.75, 3.05) is 11.1 Å². The summed E-state index contributed by atoms with van der Waals surface area (Å²) in [6, 6.07) is 2.39. The Bertz CT molecular complexity index is 499. The normalized spacial score (nSPS) is 20.1. The average molecular weight is 292 g/mol. The number of nitrogens with zero attached hydrogens (tertiary/aromatic N) is 1. The van der Waals surface area contributed by atoms with Gasteiger partial charge in [-0.05, 0) is 31.5 Å². The predicted molar refractivity (Wildman–Crippen MR) is 69.0 cm³/mol. The van der Waals surface area contributed by atoms with Gasteiger partial charge in [-0.15, -0.1) is 0 Å². The highest BCUT2D eigenvalue weighted by Crippen LogP contribution is 2.32. The molecule has 1 aliphatic rings. The van der Waals surface area contributed by atoms with Crippen LogP contribution in [0.25, 0.3) is 0 Å². The number of thioether (sulfide) groups is 1. The molecule has 0 saturated heterocycles. The Kier molecular flexibility index (Phi) is 4.03. The summed E-state index contributed by atoms with van der Waals surface area (Å²) in [7, 11) is 0. The second-order valence-electron chi connectivity index (χ2n) is 4.24. The smallest absolute Gasteiger partial charge is 0.333 e.